The van der Waals surface area contributed by atoms with E-state index in [1.165, 1.54) is 0 Å². The van der Waals surface area contributed by atoms with Gasteiger partial charge in [-0.05, 0) is 32.0 Å². The summed E-state index contributed by atoms with van der Waals surface area (Å²) in [5.41, 5.74) is 2.08. The van der Waals surface area contributed by atoms with E-state index in [1.807, 2.05) is 74.3 Å². The minimum absolute atomic E-state index is 0.347. The van der Waals surface area contributed by atoms with E-state index in [0.717, 1.165) is 11.1 Å². The summed E-state index contributed by atoms with van der Waals surface area (Å²) in [4.78, 5) is 2.04. The number of benzene rings is 2. The lowest BCUT2D eigenvalue weighted by atomic mass is 10.2. The zero-order chi connectivity index (χ0) is 17.4. The van der Waals surface area contributed by atoms with Gasteiger partial charge in [0.1, 0.15) is 5.78 Å². The molecule has 2 aromatic carbocycles. The van der Waals surface area contributed by atoms with Crippen molar-refractivity contribution in [1.82, 2.24) is 4.90 Å². The van der Waals surface area contributed by atoms with Crippen LogP contribution in [0.2, 0.25) is 0 Å². The Morgan fingerprint density at radius 2 is 1.42 bits per heavy atom. The molecule has 0 aliphatic carbocycles. The number of hydrogen-bond donors (Lipinski definition) is 0. The standard InChI is InChI=1S/C19H26NO3P/c1-4-22-24(21,23-5-2)19(18-14-10-7-11-15-18)20(3)16-17-12-8-6-9-13-17/h6-15,19H,4-5,16H2,1-3H3. The molecule has 0 saturated carbocycles. The van der Waals surface area contributed by atoms with Gasteiger partial charge in [0.25, 0.3) is 0 Å². The smallest absolute Gasteiger partial charge is 0.308 e. The van der Waals surface area contributed by atoms with E-state index in [0.29, 0.717) is 19.8 Å². The molecule has 5 heteroatoms. The van der Waals surface area contributed by atoms with Crippen molar-refractivity contribution >= 4 is 7.60 Å². The predicted octanol–water partition coefficient (Wildman–Crippen LogP) is 5.08. The molecule has 0 aliphatic heterocycles. The van der Waals surface area contributed by atoms with E-state index in [1.54, 1.807) is 0 Å². The summed E-state index contributed by atoms with van der Waals surface area (Å²) in [6, 6.07) is 19.9. The van der Waals surface area contributed by atoms with Crippen LogP contribution in [-0.4, -0.2) is 25.2 Å². The molecule has 0 bridgehead atoms. The molecule has 2 aromatic rings. The maximum Gasteiger partial charge on any atom is 0.352 e. The summed E-state index contributed by atoms with van der Waals surface area (Å²) in [7, 11) is -1.36. The lowest BCUT2D eigenvalue weighted by molar-refractivity contribution is 0.174. The highest BCUT2D eigenvalue weighted by Gasteiger charge is 2.39. The van der Waals surface area contributed by atoms with Gasteiger partial charge in [-0.3, -0.25) is 9.46 Å². The zero-order valence-corrected chi connectivity index (χ0v) is 15.5. The topological polar surface area (TPSA) is 38.8 Å². The lowest BCUT2D eigenvalue weighted by Gasteiger charge is -2.33. The fourth-order valence-corrected chi connectivity index (χ4v) is 4.98. The second-order valence-corrected chi connectivity index (χ2v) is 7.65. The molecule has 1 unspecified atom stereocenters. The van der Waals surface area contributed by atoms with E-state index in [4.69, 9.17) is 9.05 Å². The number of hydrogen-bond acceptors (Lipinski definition) is 4. The monoisotopic (exact) mass is 347 g/mol. The van der Waals surface area contributed by atoms with Crippen LogP contribution in [0.4, 0.5) is 0 Å². The highest BCUT2D eigenvalue weighted by atomic mass is 31.2. The van der Waals surface area contributed by atoms with Crippen molar-refractivity contribution in [3.8, 4) is 0 Å². The van der Waals surface area contributed by atoms with E-state index in [2.05, 4.69) is 12.1 Å². The van der Waals surface area contributed by atoms with E-state index in [9.17, 15) is 4.57 Å². The molecule has 1 atom stereocenters. The van der Waals surface area contributed by atoms with Crippen LogP contribution in [0.3, 0.4) is 0 Å². The fraction of sp³-hybridized carbons (Fsp3) is 0.368. The molecule has 0 spiro atoms. The van der Waals surface area contributed by atoms with Gasteiger partial charge in [0.2, 0.25) is 0 Å². The summed E-state index contributed by atoms with van der Waals surface area (Å²) in [5, 5.41) is 0. The third kappa shape index (κ3) is 4.78. The summed E-state index contributed by atoms with van der Waals surface area (Å²) < 4.78 is 24.7. The van der Waals surface area contributed by atoms with E-state index >= 15 is 0 Å². The Balaban J connectivity index is 2.37. The second-order valence-electron chi connectivity index (χ2n) is 5.56. The van der Waals surface area contributed by atoms with Gasteiger partial charge < -0.3 is 9.05 Å². The van der Waals surface area contributed by atoms with Crippen molar-refractivity contribution in [2.45, 2.75) is 26.2 Å². The number of nitrogens with zero attached hydrogens (tertiary/aromatic N) is 1. The van der Waals surface area contributed by atoms with Gasteiger partial charge in [-0.1, -0.05) is 60.7 Å². The Labute approximate surface area is 144 Å². The molecule has 4 nitrogen and oxygen atoms in total. The SMILES string of the molecule is CCOP(=O)(OCC)C(c1ccccc1)N(C)Cc1ccccc1. The Morgan fingerprint density at radius 1 is 0.917 bits per heavy atom. The second kappa shape index (κ2) is 9.14. The lowest BCUT2D eigenvalue weighted by Crippen LogP contribution is -2.26. The summed E-state index contributed by atoms with van der Waals surface area (Å²) in [5.74, 6) is -0.446. The van der Waals surface area contributed by atoms with Gasteiger partial charge in [-0.2, -0.15) is 0 Å². The minimum Gasteiger partial charge on any atom is -0.308 e. The molecular weight excluding hydrogens is 321 g/mol. The molecule has 0 aromatic heterocycles. The van der Waals surface area contributed by atoms with Crippen molar-refractivity contribution in [3.63, 3.8) is 0 Å². The Morgan fingerprint density at radius 3 is 1.92 bits per heavy atom. The molecular formula is C19H26NO3P. The van der Waals surface area contributed by atoms with Crippen LogP contribution < -0.4 is 0 Å². The quantitative estimate of drug-likeness (QED) is 0.593. The third-order valence-corrected chi connectivity index (χ3v) is 6.24. The summed E-state index contributed by atoms with van der Waals surface area (Å²) in [6.45, 7) is 5.03. The van der Waals surface area contributed by atoms with Gasteiger partial charge in [0.05, 0.1) is 13.2 Å². The van der Waals surface area contributed by atoms with Crippen LogP contribution in [-0.2, 0) is 20.2 Å². The predicted molar refractivity (Wildman–Crippen MR) is 98.0 cm³/mol. The first-order valence-electron chi connectivity index (χ1n) is 8.28. The van der Waals surface area contributed by atoms with E-state index < -0.39 is 13.4 Å². The molecule has 130 valence electrons. The molecule has 24 heavy (non-hydrogen) atoms. The highest BCUT2D eigenvalue weighted by Crippen LogP contribution is 2.62. The van der Waals surface area contributed by atoms with Crippen molar-refractivity contribution in [1.29, 1.82) is 0 Å². The molecule has 0 radical (unpaired) electrons. The van der Waals surface area contributed by atoms with Crippen LogP contribution in [0.5, 0.6) is 0 Å². The molecule has 0 fully saturated rings. The average molecular weight is 347 g/mol. The van der Waals surface area contributed by atoms with Crippen molar-refractivity contribution in [3.05, 3.63) is 71.8 Å². The first-order valence-corrected chi connectivity index (χ1v) is 9.89. The van der Waals surface area contributed by atoms with Gasteiger partial charge in [0, 0.05) is 6.54 Å². The Hall–Kier alpha value is -1.45. The van der Waals surface area contributed by atoms with E-state index in [-0.39, 0.29) is 0 Å². The first kappa shape index (κ1) is 18.9. The van der Waals surface area contributed by atoms with Gasteiger partial charge in [0.15, 0.2) is 0 Å². The van der Waals surface area contributed by atoms with Crippen LogP contribution in [0, 0.1) is 0 Å². The summed E-state index contributed by atoms with van der Waals surface area (Å²) in [6.07, 6.45) is 0. The largest absolute Gasteiger partial charge is 0.352 e. The van der Waals surface area contributed by atoms with Crippen LogP contribution in [0.1, 0.15) is 30.8 Å². The molecule has 0 amide bonds. The molecule has 0 heterocycles. The maximum absolute atomic E-state index is 13.5. The highest BCUT2D eigenvalue weighted by molar-refractivity contribution is 7.54. The van der Waals surface area contributed by atoms with Crippen LogP contribution in [0.25, 0.3) is 0 Å². The van der Waals surface area contributed by atoms with Gasteiger partial charge in [-0.15, -0.1) is 0 Å². The number of rotatable bonds is 9. The van der Waals surface area contributed by atoms with Crippen LogP contribution in [0.15, 0.2) is 60.7 Å². The normalized spacial score (nSPS) is 13.2. The molecule has 0 aliphatic rings. The molecule has 0 saturated heterocycles. The maximum atomic E-state index is 13.5. The van der Waals surface area contributed by atoms with Crippen molar-refractivity contribution in [2.75, 3.05) is 20.3 Å². The van der Waals surface area contributed by atoms with Gasteiger partial charge in [-0.25, -0.2) is 0 Å². The Bertz CT molecular complexity index is 638. The van der Waals surface area contributed by atoms with Gasteiger partial charge >= 0.3 is 7.60 Å². The van der Waals surface area contributed by atoms with Crippen LogP contribution >= 0.6 is 7.60 Å². The van der Waals surface area contributed by atoms with Crippen molar-refractivity contribution < 1.29 is 13.6 Å². The third-order valence-electron chi connectivity index (χ3n) is 3.71. The van der Waals surface area contributed by atoms with Crippen molar-refractivity contribution in [2.24, 2.45) is 0 Å². The Kier molecular flexibility index (Phi) is 7.19. The molecule has 0 N–H and O–H groups in total. The minimum atomic E-state index is -3.32. The average Bonchev–Trinajstić information content (AvgIpc) is 2.57. The molecule has 2 rings (SSSR count). The summed E-state index contributed by atoms with van der Waals surface area (Å²) >= 11 is 0. The fourth-order valence-electron chi connectivity index (χ4n) is 2.80. The first-order chi connectivity index (χ1) is 11.6. The zero-order valence-electron chi connectivity index (χ0n) is 14.6.